The zero-order valence-electron chi connectivity index (χ0n) is 17.9. The van der Waals surface area contributed by atoms with E-state index in [4.69, 9.17) is 0 Å². The zero-order valence-corrected chi connectivity index (χ0v) is 17.9. The molecule has 0 saturated heterocycles. The van der Waals surface area contributed by atoms with Gasteiger partial charge in [0.05, 0.1) is 5.41 Å². The summed E-state index contributed by atoms with van der Waals surface area (Å²) in [5.74, 6) is 0. The third-order valence-corrected chi connectivity index (χ3v) is 7.00. The second kappa shape index (κ2) is 6.68. The molecule has 0 saturated carbocycles. The fourth-order valence-electron chi connectivity index (χ4n) is 5.81. The lowest BCUT2D eigenvalue weighted by molar-refractivity contribution is 0.761. The van der Waals surface area contributed by atoms with Crippen LogP contribution in [0.3, 0.4) is 0 Å². The highest BCUT2D eigenvalue weighted by atomic mass is 14.5. The van der Waals surface area contributed by atoms with Gasteiger partial charge in [0, 0.05) is 0 Å². The molecule has 0 aliphatic heterocycles. The van der Waals surface area contributed by atoms with Crippen molar-refractivity contribution in [2.45, 2.75) is 19.3 Å². The Morgan fingerprint density at radius 3 is 2.00 bits per heavy atom. The SMILES string of the molecule is Cc1ccccc1C1(c2ccccc2)c2c(C)cccc2-c2ccc3ccccc3c21. The van der Waals surface area contributed by atoms with Crippen LogP contribution in [0, 0.1) is 13.8 Å². The summed E-state index contributed by atoms with van der Waals surface area (Å²) in [4.78, 5) is 0. The van der Waals surface area contributed by atoms with Gasteiger partial charge in [0.25, 0.3) is 0 Å². The van der Waals surface area contributed by atoms with Crippen molar-refractivity contribution in [2.24, 2.45) is 0 Å². The summed E-state index contributed by atoms with van der Waals surface area (Å²) in [6.45, 7) is 4.52. The molecular formula is C31H24. The monoisotopic (exact) mass is 396 g/mol. The van der Waals surface area contributed by atoms with Gasteiger partial charge in [-0.15, -0.1) is 0 Å². The number of rotatable bonds is 2. The van der Waals surface area contributed by atoms with E-state index in [1.54, 1.807) is 0 Å². The van der Waals surface area contributed by atoms with Crippen LogP contribution in [0.4, 0.5) is 0 Å². The minimum absolute atomic E-state index is 0.344. The molecule has 0 fully saturated rings. The molecule has 0 heterocycles. The summed E-state index contributed by atoms with van der Waals surface area (Å²) in [5.41, 5.74) is 10.5. The van der Waals surface area contributed by atoms with Gasteiger partial charge in [-0.25, -0.2) is 0 Å². The van der Waals surface area contributed by atoms with E-state index < -0.39 is 0 Å². The van der Waals surface area contributed by atoms with Crippen molar-refractivity contribution < 1.29 is 0 Å². The molecule has 0 aromatic heterocycles. The van der Waals surface area contributed by atoms with Gasteiger partial charge >= 0.3 is 0 Å². The fourth-order valence-corrected chi connectivity index (χ4v) is 5.81. The molecule has 1 aliphatic carbocycles. The summed E-state index contributed by atoms with van der Waals surface area (Å²) in [7, 11) is 0. The highest BCUT2D eigenvalue weighted by Crippen LogP contribution is 2.59. The van der Waals surface area contributed by atoms with Crippen LogP contribution in [0.5, 0.6) is 0 Å². The number of benzene rings is 5. The third-order valence-electron chi connectivity index (χ3n) is 7.00. The van der Waals surface area contributed by atoms with Crippen LogP contribution in [0.2, 0.25) is 0 Å². The average Bonchev–Trinajstić information content (AvgIpc) is 3.13. The Hall–Kier alpha value is -3.64. The van der Waals surface area contributed by atoms with Crippen molar-refractivity contribution in [3.8, 4) is 11.1 Å². The summed E-state index contributed by atoms with van der Waals surface area (Å²) >= 11 is 0. The maximum atomic E-state index is 2.33. The zero-order chi connectivity index (χ0) is 21.0. The smallest absolute Gasteiger partial charge is 0.0622 e. The molecule has 0 spiro atoms. The number of fused-ring (bicyclic) bond motifs is 5. The van der Waals surface area contributed by atoms with E-state index in [1.807, 2.05) is 0 Å². The van der Waals surface area contributed by atoms with E-state index in [0.717, 1.165) is 0 Å². The fraction of sp³-hybridized carbons (Fsp3) is 0.0968. The normalized spacial score (nSPS) is 16.8. The maximum Gasteiger partial charge on any atom is 0.0724 e. The predicted octanol–water partition coefficient (Wildman–Crippen LogP) is 7.82. The Morgan fingerprint density at radius 2 is 1.16 bits per heavy atom. The minimum Gasteiger partial charge on any atom is -0.0622 e. The van der Waals surface area contributed by atoms with Crippen molar-refractivity contribution in [1.29, 1.82) is 0 Å². The van der Waals surface area contributed by atoms with Crippen LogP contribution >= 0.6 is 0 Å². The second-order valence-corrected chi connectivity index (χ2v) is 8.64. The Bertz CT molecular complexity index is 1440. The first-order chi connectivity index (χ1) is 15.2. The molecule has 1 aliphatic rings. The molecular weight excluding hydrogens is 372 g/mol. The van der Waals surface area contributed by atoms with Gasteiger partial charge in [0.15, 0.2) is 0 Å². The molecule has 1 unspecified atom stereocenters. The van der Waals surface area contributed by atoms with Crippen LogP contribution in [-0.4, -0.2) is 0 Å². The maximum absolute atomic E-state index is 2.33. The van der Waals surface area contributed by atoms with E-state index in [1.165, 1.54) is 55.3 Å². The standard InChI is InChI=1S/C31H24/c1-21-11-6-9-18-28(21)31(24-14-4-3-5-15-24)29-22(2)12-10-17-26(29)27-20-19-23-13-7-8-16-25(23)30(27)31/h3-20H,1-2H3. The molecule has 0 amide bonds. The van der Waals surface area contributed by atoms with Gasteiger partial charge in [-0.3, -0.25) is 0 Å². The van der Waals surface area contributed by atoms with E-state index in [0.29, 0.717) is 0 Å². The largest absolute Gasteiger partial charge is 0.0724 e. The molecule has 31 heavy (non-hydrogen) atoms. The second-order valence-electron chi connectivity index (χ2n) is 8.64. The Balaban J connectivity index is 1.92. The van der Waals surface area contributed by atoms with Crippen LogP contribution < -0.4 is 0 Å². The van der Waals surface area contributed by atoms with Crippen molar-refractivity contribution in [1.82, 2.24) is 0 Å². The lowest BCUT2D eigenvalue weighted by Crippen LogP contribution is -2.30. The van der Waals surface area contributed by atoms with Crippen molar-refractivity contribution in [2.75, 3.05) is 0 Å². The third kappa shape index (κ3) is 2.36. The molecule has 0 bridgehead atoms. The predicted molar refractivity (Wildman–Crippen MR) is 131 cm³/mol. The highest BCUT2D eigenvalue weighted by molar-refractivity contribution is 6.00. The molecule has 148 valence electrons. The van der Waals surface area contributed by atoms with Crippen LogP contribution in [0.25, 0.3) is 21.9 Å². The highest BCUT2D eigenvalue weighted by Gasteiger charge is 2.48. The van der Waals surface area contributed by atoms with E-state index >= 15 is 0 Å². The quantitative estimate of drug-likeness (QED) is 0.280. The van der Waals surface area contributed by atoms with E-state index in [2.05, 4.69) is 123 Å². The van der Waals surface area contributed by atoms with Crippen LogP contribution in [0.1, 0.15) is 33.4 Å². The molecule has 0 radical (unpaired) electrons. The van der Waals surface area contributed by atoms with Gasteiger partial charge in [-0.1, -0.05) is 109 Å². The Morgan fingerprint density at radius 1 is 0.484 bits per heavy atom. The average molecular weight is 397 g/mol. The lowest BCUT2D eigenvalue weighted by Gasteiger charge is -2.36. The minimum atomic E-state index is -0.344. The number of aryl methyl sites for hydroxylation is 2. The van der Waals surface area contributed by atoms with Crippen LogP contribution in [0.15, 0.2) is 109 Å². The lowest BCUT2D eigenvalue weighted by atomic mass is 9.64. The Kier molecular flexibility index (Phi) is 3.91. The summed E-state index contributed by atoms with van der Waals surface area (Å²) in [6, 6.07) is 40.2. The van der Waals surface area contributed by atoms with Crippen molar-refractivity contribution in [3.63, 3.8) is 0 Å². The first-order valence-electron chi connectivity index (χ1n) is 11.0. The summed E-state index contributed by atoms with van der Waals surface area (Å²) in [5, 5.41) is 2.63. The molecule has 0 nitrogen and oxygen atoms in total. The Labute approximate surface area is 183 Å². The van der Waals surface area contributed by atoms with Crippen molar-refractivity contribution in [3.05, 3.63) is 143 Å². The van der Waals surface area contributed by atoms with Gasteiger partial charge in [-0.05, 0) is 69.1 Å². The first kappa shape index (κ1) is 18.2. The van der Waals surface area contributed by atoms with Crippen molar-refractivity contribution >= 4 is 10.8 Å². The molecule has 6 rings (SSSR count). The van der Waals surface area contributed by atoms with Crippen LogP contribution in [-0.2, 0) is 5.41 Å². The molecule has 1 atom stereocenters. The molecule has 0 N–H and O–H groups in total. The van der Waals surface area contributed by atoms with Gasteiger partial charge in [0.2, 0.25) is 0 Å². The van der Waals surface area contributed by atoms with E-state index in [-0.39, 0.29) is 5.41 Å². The van der Waals surface area contributed by atoms with Gasteiger partial charge < -0.3 is 0 Å². The topological polar surface area (TPSA) is 0 Å². The molecule has 5 aromatic rings. The van der Waals surface area contributed by atoms with E-state index in [9.17, 15) is 0 Å². The molecule has 5 aromatic carbocycles. The number of hydrogen-bond acceptors (Lipinski definition) is 0. The summed E-state index contributed by atoms with van der Waals surface area (Å²) in [6.07, 6.45) is 0. The molecule has 0 heteroatoms. The summed E-state index contributed by atoms with van der Waals surface area (Å²) < 4.78 is 0. The van der Waals surface area contributed by atoms with Gasteiger partial charge in [0.1, 0.15) is 0 Å². The first-order valence-corrected chi connectivity index (χ1v) is 11.0. The number of hydrogen-bond donors (Lipinski definition) is 0. The van der Waals surface area contributed by atoms with Gasteiger partial charge in [-0.2, -0.15) is 0 Å².